The molecule has 0 saturated heterocycles. The summed E-state index contributed by atoms with van der Waals surface area (Å²) in [6.45, 7) is 0. The number of anilines is 1. The van der Waals surface area contributed by atoms with E-state index in [-0.39, 0.29) is 23.0 Å². The number of fused-ring (bicyclic) bond motifs is 1. The molecule has 0 unspecified atom stereocenters. The van der Waals surface area contributed by atoms with E-state index < -0.39 is 0 Å². The molecule has 3 aliphatic rings. The van der Waals surface area contributed by atoms with Crippen LogP contribution in [0.15, 0.2) is 24.3 Å². The molecule has 4 heteroatoms. The average molecular weight is 364 g/mol. The quantitative estimate of drug-likeness (QED) is 0.591. The van der Waals surface area contributed by atoms with E-state index >= 15 is 0 Å². The monoisotopic (exact) mass is 363 g/mol. The van der Waals surface area contributed by atoms with Crippen LogP contribution in [0.4, 0.5) is 5.69 Å². The molecule has 0 spiro atoms. The number of nitrogens with one attached hydrogen (secondary N) is 1. The van der Waals surface area contributed by atoms with Crippen LogP contribution in [0.3, 0.4) is 0 Å². The van der Waals surface area contributed by atoms with E-state index in [9.17, 15) is 4.79 Å². The summed E-state index contributed by atoms with van der Waals surface area (Å²) in [5.41, 5.74) is 2.23. The van der Waals surface area contributed by atoms with E-state index in [2.05, 4.69) is 5.32 Å². The van der Waals surface area contributed by atoms with Gasteiger partial charge in [0.25, 0.3) is 5.91 Å². The van der Waals surface area contributed by atoms with Gasteiger partial charge in [-0.15, -0.1) is 0 Å². The van der Waals surface area contributed by atoms with Crippen LogP contribution in [0, 0.1) is 63.7 Å². The van der Waals surface area contributed by atoms with Gasteiger partial charge >= 0.3 is 17.1 Å². The first-order chi connectivity index (χ1) is 10.8. The molecule has 0 atom stereocenters. The molecule has 23 heavy (non-hydrogen) atoms. The Bertz CT molecular complexity index is 567. The maximum Gasteiger partial charge on any atom is 2.00 e. The Hall–Kier alpha value is -0.761. The summed E-state index contributed by atoms with van der Waals surface area (Å²) in [4.78, 5) is 11.9. The first-order valence-corrected chi connectivity index (χ1v) is 7.34. The number of benzene rings is 1. The maximum absolute atomic E-state index is 11.9. The van der Waals surface area contributed by atoms with E-state index in [1.165, 1.54) is 0 Å². The molecule has 0 aromatic heterocycles. The summed E-state index contributed by atoms with van der Waals surface area (Å²) >= 11 is 6.04. The molecule has 1 aliphatic heterocycles. The van der Waals surface area contributed by atoms with E-state index in [4.69, 9.17) is 11.6 Å². The summed E-state index contributed by atoms with van der Waals surface area (Å²) in [5, 5.41) is 3.36. The van der Waals surface area contributed by atoms with Gasteiger partial charge in [-0.2, -0.15) is 0 Å². The molecule has 114 valence electrons. The van der Waals surface area contributed by atoms with Gasteiger partial charge < -0.3 is 5.32 Å². The zero-order valence-corrected chi connectivity index (χ0v) is 14.0. The van der Waals surface area contributed by atoms with Crippen molar-refractivity contribution in [2.75, 3.05) is 5.32 Å². The summed E-state index contributed by atoms with van der Waals surface area (Å²) in [5.74, 6) is 0.914. The molecule has 2 nitrogen and oxygen atoms in total. The van der Waals surface area contributed by atoms with Gasteiger partial charge in [0.1, 0.15) is 0 Å². The smallest absolute Gasteiger partial charge is 0.320 e. The molecule has 1 heterocycles. The van der Waals surface area contributed by atoms with Crippen molar-refractivity contribution in [2.45, 2.75) is 0 Å². The molecule has 1 amide bonds. The van der Waals surface area contributed by atoms with Gasteiger partial charge in [-0.3, -0.25) is 4.79 Å². The Kier molecular flexibility index (Phi) is 7.20. The number of para-hydroxylation sites is 1. The second kappa shape index (κ2) is 8.92. The molecule has 10 radical (unpaired) electrons. The molecule has 1 N–H and O–H groups in total. The topological polar surface area (TPSA) is 29.1 Å². The number of hydrogen-bond acceptors (Lipinski definition) is 1. The molecule has 2 fully saturated rings. The van der Waals surface area contributed by atoms with Crippen molar-refractivity contribution in [2.24, 2.45) is 0 Å². The first kappa shape index (κ1) is 18.6. The normalized spacial score (nSPS) is 21.4. The second-order valence-corrected chi connectivity index (χ2v) is 5.26. The molecular formula is C19H14ClFeNO+2. The number of carbonyl (C=O) groups excluding carboxylic acids is 1. The molecular weight excluding hydrogens is 350 g/mol. The minimum Gasteiger partial charge on any atom is -0.320 e. The molecule has 1 aromatic rings. The predicted octanol–water partition coefficient (Wildman–Crippen LogP) is 4.10. The fraction of sp³-hybridized carbons (Fsp3) is 0. The average Bonchev–Trinajstić information content (AvgIpc) is 3.26. The Morgan fingerprint density at radius 2 is 1.52 bits per heavy atom. The number of rotatable bonds is 1. The van der Waals surface area contributed by atoms with Crippen LogP contribution in [-0.2, 0) is 21.9 Å². The van der Waals surface area contributed by atoms with Crippen molar-refractivity contribution in [1.82, 2.24) is 0 Å². The minimum atomic E-state index is -0.103. The van der Waals surface area contributed by atoms with Gasteiger partial charge in [0.05, 0.1) is 10.7 Å². The standard InChI is InChI=1S/C14H9ClNO.C5H5.Fe/c15-12-7-3-6-10-11(14(17)16-13(10)12)8-9-4-1-2-5-9;1-2-4-5-3-1;/h1-8H,(H,16,17);1-5H;/q;;+2/b11-8-;;. The third-order valence-electron chi connectivity index (χ3n) is 3.34. The van der Waals surface area contributed by atoms with E-state index in [1.54, 1.807) is 6.07 Å². The summed E-state index contributed by atoms with van der Waals surface area (Å²) in [6, 6.07) is 5.51. The number of amides is 1. The van der Waals surface area contributed by atoms with Crippen LogP contribution in [0.25, 0.3) is 5.57 Å². The van der Waals surface area contributed by atoms with Crippen LogP contribution in [0.1, 0.15) is 5.56 Å². The van der Waals surface area contributed by atoms with Crippen molar-refractivity contribution in [1.29, 1.82) is 0 Å². The molecule has 1 aromatic carbocycles. The fourth-order valence-corrected chi connectivity index (χ4v) is 2.52. The first-order valence-electron chi connectivity index (χ1n) is 6.96. The van der Waals surface area contributed by atoms with E-state index in [0.29, 0.717) is 16.3 Å². The van der Waals surface area contributed by atoms with Crippen LogP contribution in [-0.4, -0.2) is 5.91 Å². The third-order valence-corrected chi connectivity index (χ3v) is 3.66. The fourth-order valence-electron chi connectivity index (χ4n) is 2.29. The summed E-state index contributed by atoms with van der Waals surface area (Å²) in [6.07, 6.45) is 19.7. The number of carbonyl (C=O) groups is 1. The van der Waals surface area contributed by atoms with Crippen molar-refractivity contribution in [3.05, 3.63) is 98.6 Å². The largest absolute Gasteiger partial charge is 2.00 e. The number of halogens is 1. The van der Waals surface area contributed by atoms with Crippen molar-refractivity contribution >= 4 is 28.8 Å². The van der Waals surface area contributed by atoms with Gasteiger partial charge in [0, 0.05) is 17.1 Å². The third kappa shape index (κ3) is 4.62. The Labute approximate surface area is 154 Å². The van der Waals surface area contributed by atoms with Gasteiger partial charge in [-0.1, -0.05) is 29.8 Å². The van der Waals surface area contributed by atoms with Crippen LogP contribution in [0.2, 0.25) is 5.02 Å². The molecule has 0 bridgehead atoms. The zero-order chi connectivity index (χ0) is 15.4. The van der Waals surface area contributed by atoms with Crippen LogP contribution >= 0.6 is 11.6 Å². The summed E-state index contributed by atoms with van der Waals surface area (Å²) < 4.78 is 0. The van der Waals surface area contributed by atoms with Gasteiger partial charge in [-0.05, 0) is 63.9 Å². The van der Waals surface area contributed by atoms with Crippen molar-refractivity contribution in [3.8, 4) is 0 Å². The van der Waals surface area contributed by atoms with Gasteiger partial charge in [0.15, 0.2) is 0 Å². The Morgan fingerprint density at radius 3 is 2.13 bits per heavy atom. The van der Waals surface area contributed by atoms with Crippen LogP contribution in [0.5, 0.6) is 0 Å². The maximum atomic E-state index is 11.9. The predicted molar refractivity (Wildman–Crippen MR) is 90.0 cm³/mol. The van der Waals surface area contributed by atoms with Gasteiger partial charge in [-0.25, -0.2) is 0 Å². The zero-order valence-electron chi connectivity index (χ0n) is 12.1. The van der Waals surface area contributed by atoms with E-state index in [0.717, 1.165) is 11.5 Å². The van der Waals surface area contributed by atoms with Crippen LogP contribution < -0.4 is 5.32 Å². The molecule has 4 rings (SSSR count). The molecule has 2 saturated carbocycles. The number of hydrogen-bond donors (Lipinski definition) is 1. The Morgan fingerprint density at radius 1 is 0.913 bits per heavy atom. The van der Waals surface area contributed by atoms with Crippen molar-refractivity contribution in [3.63, 3.8) is 0 Å². The number of allylic oxidation sites excluding steroid dienone is 1. The van der Waals surface area contributed by atoms with E-state index in [1.807, 2.05) is 76.0 Å². The van der Waals surface area contributed by atoms with Crippen molar-refractivity contribution < 1.29 is 21.9 Å². The molecule has 2 aliphatic carbocycles. The Balaban J connectivity index is 0.000000276. The van der Waals surface area contributed by atoms with Gasteiger partial charge in [0.2, 0.25) is 0 Å². The summed E-state index contributed by atoms with van der Waals surface area (Å²) in [7, 11) is 0. The SMILES string of the molecule is O=C1Nc2c(Cl)cccc2/C1=C/[C]1[CH][CH][CH][CH]1.[CH]1[CH][CH][CH][CH]1.[Fe+2]. The second-order valence-electron chi connectivity index (χ2n) is 4.86. The minimum absolute atomic E-state index is 0.